The zero-order valence-electron chi connectivity index (χ0n) is 15.1. The predicted octanol–water partition coefficient (Wildman–Crippen LogP) is 3.72. The number of pyridine rings is 1. The number of aromatic nitrogens is 1. The Morgan fingerprint density at radius 2 is 1.84 bits per heavy atom. The predicted molar refractivity (Wildman–Crippen MR) is 98.3 cm³/mol. The van der Waals surface area contributed by atoms with E-state index in [1.165, 1.54) is 0 Å². The molecule has 0 bridgehead atoms. The minimum Gasteiger partial charge on any atom is -0.451 e. The molecule has 0 saturated carbocycles. The van der Waals surface area contributed by atoms with Crippen molar-refractivity contribution >= 4 is 22.8 Å². The van der Waals surface area contributed by atoms with Gasteiger partial charge < -0.3 is 10.1 Å². The van der Waals surface area contributed by atoms with Crippen molar-refractivity contribution in [3.8, 4) is 0 Å². The highest BCUT2D eigenvalue weighted by Gasteiger charge is 2.13. The van der Waals surface area contributed by atoms with E-state index >= 15 is 0 Å². The number of nitrogens with zero attached hydrogens (tertiary/aromatic N) is 1. The van der Waals surface area contributed by atoms with Gasteiger partial charge >= 0.3 is 5.97 Å². The summed E-state index contributed by atoms with van der Waals surface area (Å²) in [6.45, 7) is 6.04. The van der Waals surface area contributed by atoms with E-state index in [1.54, 1.807) is 6.07 Å². The third-order valence-corrected chi connectivity index (χ3v) is 3.97. The topological polar surface area (TPSA) is 68.3 Å². The molecule has 1 aromatic heterocycles. The average Bonchev–Trinajstić information content (AvgIpc) is 2.58. The summed E-state index contributed by atoms with van der Waals surface area (Å²) in [5.74, 6) is -0.210. The number of fused-ring (bicyclic) bond motifs is 1. The zero-order chi connectivity index (χ0) is 18.2. The maximum atomic E-state index is 12.1. The minimum absolute atomic E-state index is 0.0729. The molecule has 5 heteroatoms. The van der Waals surface area contributed by atoms with E-state index in [4.69, 9.17) is 4.74 Å². The highest BCUT2D eigenvalue weighted by atomic mass is 16.5. The second kappa shape index (κ2) is 9.16. The van der Waals surface area contributed by atoms with Crippen molar-refractivity contribution in [3.05, 3.63) is 42.1 Å². The van der Waals surface area contributed by atoms with Crippen molar-refractivity contribution in [2.45, 2.75) is 46.1 Å². The van der Waals surface area contributed by atoms with Gasteiger partial charge in [-0.3, -0.25) is 4.79 Å². The van der Waals surface area contributed by atoms with Crippen LogP contribution in [0.3, 0.4) is 0 Å². The van der Waals surface area contributed by atoms with Crippen LogP contribution in [0.2, 0.25) is 0 Å². The fraction of sp³-hybridized carbons (Fsp3) is 0.450. The lowest BCUT2D eigenvalue weighted by atomic mass is 10.0. The third-order valence-electron chi connectivity index (χ3n) is 3.97. The van der Waals surface area contributed by atoms with Gasteiger partial charge in [0, 0.05) is 11.4 Å². The number of hydrogen-bond acceptors (Lipinski definition) is 4. The van der Waals surface area contributed by atoms with Gasteiger partial charge in [0.25, 0.3) is 5.91 Å². The van der Waals surface area contributed by atoms with Crippen LogP contribution in [-0.2, 0) is 9.53 Å². The minimum atomic E-state index is -0.589. The molecule has 5 nitrogen and oxygen atoms in total. The van der Waals surface area contributed by atoms with Crippen molar-refractivity contribution in [3.63, 3.8) is 0 Å². The molecule has 0 aliphatic carbocycles. The molecule has 1 amide bonds. The van der Waals surface area contributed by atoms with E-state index in [0.717, 1.165) is 30.2 Å². The Kier molecular flexibility index (Phi) is 6.92. The number of ether oxygens (including phenoxy) is 1. The Bertz CT molecular complexity index is 728. The Labute approximate surface area is 148 Å². The number of carbonyl (C=O) groups excluding carboxylic acids is 2. The van der Waals surface area contributed by atoms with Crippen molar-refractivity contribution in [1.82, 2.24) is 10.3 Å². The Morgan fingerprint density at radius 1 is 1.08 bits per heavy atom. The molecule has 134 valence electrons. The number of nitrogens with one attached hydrogen (secondary N) is 1. The van der Waals surface area contributed by atoms with E-state index in [-0.39, 0.29) is 24.2 Å². The first-order valence-corrected chi connectivity index (χ1v) is 8.78. The summed E-state index contributed by atoms with van der Waals surface area (Å²) in [6, 6.07) is 11.0. The molecule has 2 aromatic rings. The van der Waals surface area contributed by atoms with Crippen molar-refractivity contribution in [2.24, 2.45) is 5.92 Å². The van der Waals surface area contributed by atoms with Gasteiger partial charge in [0.15, 0.2) is 6.61 Å². The first-order valence-electron chi connectivity index (χ1n) is 8.78. The summed E-state index contributed by atoms with van der Waals surface area (Å²) in [5.41, 5.74) is 0.927. The molecule has 0 aliphatic rings. The molecule has 1 aromatic carbocycles. The molecule has 1 N–H and O–H groups in total. The molecule has 0 fully saturated rings. The summed E-state index contributed by atoms with van der Waals surface area (Å²) in [4.78, 5) is 28.2. The maximum absolute atomic E-state index is 12.1. The van der Waals surface area contributed by atoms with Gasteiger partial charge in [-0.2, -0.15) is 0 Å². The Morgan fingerprint density at radius 3 is 2.60 bits per heavy atom. The van der Waals surface area contributed by atoms with Crippen molar-refractivity contribution in [1.29, 1.82) is 0 Å². The number of para-hydroxylation sites is 1. The van der Waals surface area contributed by atoms with Gasteiger partial charge in [-0.15, -0.1) is 0 Å². The van der Waals surface area contributed by atoms with Crippen LogP contribution in [0.15, 0.2) is 36.4 Å². The molecular formula is C20H26N2O3. The van der Waals surface area contributed by atoms with E-state index in [2.05, 4.69) is 24.1 Å². The van der Waals surface area contributed by atoms with Crippen molar-refractivity contribution < 1.29 is 14.3 Å². The lowest BCUT2D eigenvalue weighted by Crippen LogP contribution is -2.35. The lowest BCUT2D eigenvalue weighted by Gasteiger charge is -2.14. The summed E-state index contributed by atoms with van der Waals surface area (Å²) >= 11 is 0. The Hall–Kier alpha value is -2.43. The van der Waals surface area contributed by atoms with Crippen LogP contribution >= 0.6 is 0 Å². The molecule has 25 heavy (non-hydrogen) atoms. The number of rotatable bonds is 8. The summed E-state index contributed by atoms with van der Waals surface area (Å²) in [7, 11) is 0. The number of amides is 1. The Balaban J connectivity index is 1.79. The van der Waals surface area contributed by atoms with Crippen molar-refractivity contribution in [2.75, 3.05) is 6.61 Å². The van der Waals surface area contributed by atoms with Crippen LogP contribution in [-0.4, -0.2) is 29.5 Å². The quantitative estimate of drug-likeness (QED) is 0.742. The zero-order valence-corrected chi connectivity index (χ0v) is 15.1. The van der Waals surface area contributed by atoms with Gasteiger partial charge in [-0.1, -0.05) is 51.0 Å². The van der Waals surface area contributed by atoms with Crippen LogP contribution in [0.1, 0.15) is 50.5 Å². The fourth-order valence-electron chi connectivity index (χ4n) is 2.61. The molecule has 2 rings (SSSR count). The van der Waals surface area contributed by atoms with E-state index < -0.39 is 5.97 Å². The van der Waals surface area contributed by atoms with Crippen LogP contribution in [0, 0.1) is 5.92 Å². The molecular weight excluding hydrogens is 316 g/mol. The summed E-state index contributed by atoms with van der Waals surface area (Å²) in [5, 5.41) is 3.80. The molecule has 0 unspecified atom stereocenters. The SMILES string of the molecule is CC(C)CCC[C@@H](C)NC(=O)COC(=O)c1ccc2ccccc2n1. The normalized spacial score (nSPS) is 12.2. The molecule has 0 spiro atoms. The first-order chi connectivity index (χ1) is 12.0. The van der Waals surface area contributed by atoms with Crippen LogP contribution < -0.4 is 5.32 Å². The monoisotopic (exact) mass is 342 g/mol. The standard InChI is InChI=1S/C20H26N2O3/c1-14(2)7-6-8-15(3)21-19(23)13-25-20(24)18-12-11-16-9-4-5-10-17(16)22-18/h4-5,9-12,14-15H,6-8,13H2,1-3H3,(H,21,23)/t15-/m1/s1. The van der Waals surface area contributed by atoms with Crippen LogP contribution in [0.4, 0.5) is 0 Å². The highest BCUT2D eigenvalue weighted by Crippen LogP contribution is 2.12. The number of benzene rings is 1. The second-order valence-corrected chi connectivity index (χ2v) is 6.76. The number of carbonyl (C=O) groups is 2. The molecule has 0 radical (unpaired) electrons. The molecule has 1 heterocycles. The molecule has 1 atom stereocenters. The van der Waals surface area contributed by atoms with Gasteiger partial charge in [-0.05, 0) is 31.4 Å². The average molecular weight is 342 g/mol. The van der Waals surface area contributed by atoms with E-state index in [0.29, 0.717) is 5.92 Å². The second-order valence-electron chi connectivity index (χ2n) is 6.76. The highest BCUT2D eigenvalue weighted by molar-refractivity contribution is 5.92. The van der Waals surface area contributed by atoms with E-state index in [1.807, 2.05) is 37.3 Å². The van der Waals surface area contributed by atoms with Crippen LogP contribution in [0.25, 0.3) is 10.9 Å². The fourth-order valence-corrected chi connectivity index (χ4v) is 2.61. The van der Waals surface area contributed by atoms with Gasteiger partial charge in [0.1, 0.15) is 5.69 Å². The third kappa shape index (κ3) is 6.18. The molecule has 0 saturated heterocycles. The molecule has 0 aliphatic heterocycles. The van der Waals surface area contributed by atoms with Gasteiger partial charge in [0.2, 0.25) is 0 Å². The largest absolute Gasteiger partial charge is 0.451 e. The summed E-state index contributed by atoms with van der Waals surface area (Å²) < 4.78 is 5.07. The first kappa shape index (κ1) is 18.9. The maximum Gasteiger partial charge on any atom is 0.357 e. The lowest BCUT2D eigenvalue weighted by molar-refractivity contribution is -0.124. The summed E-state index contributed by atoms with van der Waals surface area (Å²) in [6.07, 6.45) is 3.13. The number of hydrogen-bond donors (Lipinski definition) is 1. The van der Waals surface area contributed by atoms with Crippen LogP contribution in [0.5, 0.6) is 0 Å². The van der Waals surface area contributed by atoms with Gasteiger partial charge in [-0.25, -0.2) is 9.78 Å². The van der Waals surface area contributed by atoms with E-state index in [9.17, 15) is 9.59 Å². The smallest absolute Gasteiger partial charge is 0.357 e. The number of esters is 1. The van der Waals surface area contributed by atoms with Gasteiger partial charge in [0.05, 0.1) is 5.52 Å².